The van der Waals surface area contributed by atoms with Crippen LogP contribution >= 0.6 is 0 Å². The average Bonchev–Trinajstić information content (AvgIpc) is 2.95. The fourth-order valence-corrected chi connectivity index (χ4v) is 3.38. The van der Waals surface area contributed by atoms with Gasteiger partial charge in [-0.2, -0.15) is 0 Å². The molecule has 1 aliphatic heterocycles. The van der Waals surface area contributed by atoms with Crippen LogP contribution in [-0.2, 0) is 17.8 Å². The summed E-state index contributed by atoms with van der Waals surface area (Å²) >= 11 is 0. The Labute approximate surface area is 125 Å². The fraction of sp³-hybridized carbons (Fsp3) is 0.588. The highest BCUT2D eigenvalue weighted by Crippen LogP contribution is 2.29. The maximum atomic E-state index is 10.9. The first-order chi connectivity index (χ1) is 10.2. The number of aliphatic carboxylic acids is 1. The molecule has 0 atom stereocenters. The molecule has 2 N–H and O–H groups in total. The summed E-state index contributed by atoms with van der Waals surface area (Å²) in [6.45, 7) is 2.67. The van der Waals surface area contributed by atoms with Crippen molar-refractivity contribution in [2.24, 2.45) is 11.8 Å². The number of fused-ring (bicyclic) bond motifs is 1. The lowest BCUT2D eigenvalue weighted by Gasteiger charge is -2.26. The Bertz CT molecular complexity index is 507. The predicted molar refractivity (Wildman–Crippen MR) is 80.4 cm³/mol. The molecule has 0 spiro atoms. The summed E-state index contributed by atoms with van der Waals surface area (Å²) in [6.07, 6.45) is 4.74. The van der Waals surface area contributed by atoms with Crippen LogP contribution in [0.15, 0.2) is 18.2 Å². The number of carbonyl (C=O) groups is 1. The summed E-state index contributed by atoms with van der Waals surface area (Å²) in [7, 11) is 0. The molecule has 0 aromatic heterocycles. The Morgan fingerprint density at radius 2 is 2.10 bits per heavy atom. The van der Waals surface area contributed by atoms with Crippen molar-refractivity contribution in [2.45, 2.75) is 38.6 Å². The topological polar surface area (TPSA) is 58.6 Å². The van der Waals surface area contributed by atoms with Gasteiger partial charge in [0.2, 0.25) is 0 Å². The molecule has 1 aliphatic carbocycles. The fourth-order valence-electron chi connectivity index (χ4n) is 3.38. The first kappa shape index (κ1) is 14.4. The number of hydrogen-bond donors (Lipinski definition) is 2. The second-order valence-corrected chi connectivity index (χ2v) is 6.23. The van der Waals surface area contributed by atoms with Crippen LogP contribution in [0.2, 0.25) is 0 Å². The van der Waals surface area contributed by atoms with E-state index in [1.807, 2.05) is 0 Å². The van der Waals surface area contributed by atoms with Crippen molar-refractivity contribution >= 4 is 5.97 Å². The van der Waals surface area contributed by atoms with E-state index in [1.165, 1.54) is 11.1 Å². The quantitative estimate of drug-likeness (QED) is 0.875. The SMILES string of the molecule is O=C(O)C1CCC(CNCc2ccc3c(c2)CCO3)CC1. The van der Waals surface area contributed by atoms with Crippen LogP contribution in [0.3, 0.4) is 0 Å². The van der Waals surface area contributed by atoms with Crippen molar-refractivity contribution in [1.82, 2.24) is 5.32 Å². The molecule has 1 heterocycles. The van der Waals surface area contributed by atoms with Gasteiger partial charge in [0.1, 0.15) is 5.75 Å². The third kappa shape index (κ3) is 3.56. The maximum absolute atomic E-state index is 10.9. The molecule has 0 radical (unpaired) electrons. The van der Waals surface area contributed by atoms with Crippen molar-refractivity contribution in [1.29, 1.82) is 0 Å². The summed E-state index contributed by atoms with van der Waals surface area (Å²) in [5, 5.41) is 12.5. The van der Waals surface area contributed by atoms with E-state index in [9.17, 15) is 4.79 Å². The normalized spacial score (nSPS) is 24.4. The van der Waals surface area contributed by atoms with Gasteiger partial charge in [-0.05, 0) is 55.3 Å². The molecular formula is C17H23NO3. The van der Waals surface area contributed by atoms with E-state index in [0.717, 1.165) is 57.6 Å². The molecule has 1 aromatic carbocycles. The van der Waals surface area contributed by atoms with E-state index >= 15 is 0 Å². The van der Waals surface area contributed by atoms with Gasteiger partial charge in [0.15, 0.2) is 0 Å². The van der Waals surface area contributed by atoms with E-state index in [1.54, 1.807) is 0 Å². The Hall–Kier alpha value is -1.55. The Morgan fingerprint density at radius 1 is 1.29 bits per heavy atom. The molecule has 1 fully saturated rings. The van der Waals surface area contributed by atoms with Crippen LogP contribution in [0, 0.1) is 11.8 Å². The molecule has 21 heavy (non-hydrogen) atoms. The van der Waals surface area contributed by atoms with E-state index in [2.05, 4.69) is 23.5 Å². The number of nitrogens with one attached hydrogen (secondary N) is 1. The van der Waals surface area contributed by atoms with Crippen molar-refractivity contribution in [3.8, 4) is 5.75 Å². The molecule has 4 nitrogen and oxygen atoms in total. The van der Waals surface area contributed by atoms with Crippen molar-refractivity contribution in [2.75, 3.05) is 13.2 Å². The van der Waals surface area contributed by atoms with Crippen LogP contribution in [0.1, 0.15) is 36.8 Å². The van der Waals surface area contributed by atoms with E-state index in [-0.39, 0.29) is 5.92 Å². The minimum absolute atomic E-state index is 0.113. The van der Waals surface area contributed by atoms with Gasteiger partial charge in [0.25, 0.3) is 0 Å². The summed E-state index contributed by atoms with van der Waals surface area (Å²) < 4.78 is 5.51. The number of ether oxygens (including phenoxy) is 1. The van der Waals surface area contributed by atoms with Crippen LogP contribution < -0.4 is 10.1 Å². The van der Waals surface area contributed by atoms with Gasteiger partial charge >= 0.3 is 5.97 Å². The molecule has 4 heteroatoms. The monoisotopic (exact) mass is 289 g/mol. The number of carboxylic acids is 1. The van der Waals surface area contributed by atoms with Gasteiger partial charge in [-0.25, -0.2) is 0 Å². The highest BCUT2D eigenvalue weighted by atomic mass is 16.5. The van der Waals surface area contributed by atoms with Gasteiger partial charge in [-0.15, -0.1) is 0 Å². The summed E-state index contributed by atoms with van der Waals surface area (Å²) in [6, 6.07) is 6.42. The van der Waals surface area contributed by atoms with E-state index in [0.29, 0.717) is 5.92 Å². The minimum Gasteiger partial charge on any atom is -0.493 e. The molecule has 114 valence electrons. The lowest BCUT2D eigenvalue weighted by atomic mass is 9.82. The number of carboxylic acid groups (broad SMARTS) is 1. The van der Waals surface area contributed by atoms with Crippen LogP contribution in [0.5, 0.6) is 5.75 Å². The van der Waals surface area contributed by atoms with Crippen molar-refractivity contribution < 1.29 is 14.6 Å². The third-order valence-corrected chi connectivity index (χ3v) is 4.71. The Balaban J connectivity index is 1.41. The maximum Gasteiger partial charge on any atom is 0.306 e. The number of hydrogen-bond acceptors (Lipinski definition) is 3. The van der Waals surface area contributed by atoms with Crippen molar-refractivity contribution in [3.63, 3.8) is 0 Å². The second-order valence-electron chi connectivity index (χ2n) is 6.23. The number of benzene rings is 1. The Kier molecular flexibility index (Phi) is 4.44. The van der Waals surface area contributed by atoms with Crippen LogP contribution in [-0.4, -0.2) is 24.2 Å². The van der Waals surface area contributed by atoms with Gasteiger partial charge in [-0.1, -0.05) is 12.1 Å². The van der Waals surface area contributed by atoms with E-state index < -0.39 is 5.97 Å². The molecule has 3 rings (SSSR count). The first-order valence-electron chi connectivity index (χ1n) is 7.90. The molecule has 0 unspecified atom stereocenters. The van der Waals surface area contributed by atoms with E-state index in [4.69, 9.17) is 9.84 Å². The predicted octanol–water partition coefficient (Wildman–Crippen LogP) is 2.60. The molecule has 1 saturated carbocycles. The van der Waals surface area contributed by atoms with Crippen LogP contribution in [0.25, 0.3) is 0 Å². The molecule has 1 aromatic rings. The molecule has 2 aliphatic rings. The highest BCUT2D eigenvalue weighted by molar-refractivity contribution is 5.69. The molecule has 0 bridgehead atoms. The van der Waals surface area contributed by atoms with Gasteiger partial charge < -0.3 is 15.2 Å². The average molecular weight is 289 g/mol. The number of rotatable bonds is 5. The summed E-state index contributed by atoms with van der Waals surface area (Å²) in [4.78, 5) is 10.9. The summed E-state index contributed by atoms with van der Waals surface area (Å²) in [5.41, 5.74) is 2.62. The summed E-state index contributed by atoms with van der Waals surface area (Å²) in [5.74, 6) is 0.920. The third-order valence-electron chi connectivity index (χ3n) is 4.71. The Morgan fingerprint density at radius 3 is 2.86 bits per heavy atom. The van der Waals surface area contributed by atoms with Crippen LogP contribution in [0.4, 0.5) is 0 Å². The zero-order valence-electron chi connectivity index (χ0n) is 12.3. The van der Waals surface area contributed by atoms with Gasteiger partial charge in [0.05, 0.1) is 12.5 Å². The molecular weight excluding hydrogens is 266 g/mol. The zero-order chi connectivity index (χ0) is 14.7. The lowest BCUT2D eigenvalue weighted by Crippen LogP contribution is -2.28. The zero-order valence-corrected chi connectivity index (χ0v) is 12.3. The van der Waals surface area contributed by atoms with Gasteiger partial charge in [-0.3, -0.25) is 4.79 Å². The van der Waals surface area contributed by atoms with Crippen molar-refractivity contribution in [3.05, 3.63) is 29.3 Å². The first-order valence-corrected chi connectivity index (χ1v) is 7.90. The largest absolute Gasteiger partial charge is 0.493 e. The lowest BCUT2D eigenvalue weighted by molar-refractivity contribution is -0.143. The minimum atomic E-state index is -0.623. The molecule has 0 amide bonds. The molecule has 0 saturated heterocycles. The smallest absolute Gasteiger partial charge is 0.306 e. The van der Waals surface area contributed by atoms with Gasteiger partial charge in [0, 0.05) is 13.0 Å². The standard InChI is InChI=1S/C17H23NO3/c19-17(20)14-4-1-12(2-5-14)10-18-11-13-3-6-16-15(9-13)7-8-21-16/h3,6,9,12,14,18H,1-2,4-5,7-8,10-11H2,(H,19,20). The second kappa shape index (κ2) is 6.48. The highest BCUT2D eigenvalue weighted by Gasteiger charge is 2.25.